The Labute approximate surface area is 151 Å². The number of carbonyl (C=O) groups excluding carboxylic acids is 2. The van der Waals surface area contributed by atoms with Gasteiger partial charge in [-0.05, 0) is 31.0 Å². The van der Waals surface area contributed by atoms with Crippen molar-refractivity contribution >= 4 is 41.5 Å². The summed E-state index contributed by atoms with van der Waals surface area (Å²) in [5, 5.41) is 5.84. The molecule has 2 N–H and O–H groups in total. The van der Waals surface area contributed by atoms with Crippen molar-refractivity contribution in [1.82, 2.24) is 10.2 Å². The third kappa shape index (κ3) is 4.18. The van der Waals surface area contributed by atoms with E-state index in [-0.39, 0.29) is 41.1 Å². The summed E-state index contributed by atoms with van der Waals surface area (Å²) in [6.45, 7) is 2.73. The number of anilines is 1. The zero-order valence-corrected chi connectivity index (χ0v) is 14.6. The lowest BCUT2D eigenvalue weighted by Crippen LogP contribution is -2.53. The smallest absolute Gasteiger partial charge is 0.228 e. The molecule has 1 aromatic carbocycles. The number of nitrogens with zero attached hydrogens (tertiary/aromatic N) is 1. The van der Waals surface area contributed by atoms with Gasteiger partial charge < -0.3 is 15.5 Å². The lowest BCUT2D eigenvalue weighted by Gasteiger charge is -2.36. The molecule has 1 aromatic rings. The van der Waals surface area contributed by atoms with Gasteiger partial charge in [0.15, 0.2) is 0 Å². The molecule has 0 unspecified atom stereocenters. The standard InChI is InChI=1S/C16H19ClFN3O2.ClH/c17-13-7-12(1-2-14(13)18)20-15(22)10-3-5-21(6-4-10)16(23)11-8-19-9-11;/h1-2,7,10-11,19H,3-6,8-9H2,(H,20,22);1H. The van der Waals surface area contributed by atoms with Crippen molar-refractivity contribution in [3.05, 3.63) is 29.0 Å². The molecule has 2 saturated heterocycles. The van der Waals surface area contributed by atoms with Crippen molar-refractivity contribution in [3.63, 3.8) is 0 Å². The molecule has 24 heavy (non-hydrogen) atoms. The van der Waals surface area contributed by atoms with Crippen LogP contribution in [0.4, 0.5) is 10.1 Å². The fourth-order valence-corrected chi connectivity index (χ4v) is 3.08. The molecule has 8 heteroatoms. The summed E-state index contributed by atoms with van der Waals surface area (Å²) in [7, 11) is 0. The number of hydrogen-bond acceptors (Lipinski definition) is 3. The Hall–Kier alpha value is -1.37. The first-order valence-electron chi connectivity index (χ1n) is 7.80. The molecule has 3 rings (SSSR count). The molecular formula is C16H20Cl2FN3O2. The Bertz CT molecular complexity index is 617. The Balaban J connectivity index is 0.00000208. The zero-order chi connectivity index (χ0) is 16.4. The van der Waals surface area contributed by atoms with Gasteiger partial charge in [-0.2, -0.15) is 0 Å². The lowest BCUT2D eigenvalue weighted by atomic mass is 9.93. The number of halogens is 3. The highest BCUT2D eigenvalue weighted by Gasteiger charge is 2.33. The molecule has 2 fully saturated rings. The van der Waals surface area contributed by atoms with Crippen LogP contribution in [0.5, 0.6) is 0 Å². The summed E-state index contributed by atoms with van der Waals surface area (Å²) in [6.07, 6.45) is 1.29. The maximum Gasteiger partial charge on any atom is 0.228 e. The average molecular weight is 376 g/mol. The Morgan fingerprint density at radius 2 is 1.88 bits per heavy atom. The van der Waals surface area contributed by atoms with Crippen LogP contribution in [0.25, 0.3) is 0 Å². The van der Waals surface area contributed by atoms with Crippen LogP contribution in [0.1, 0.15) is 12.8 Å². The van der Waals surface area contributed by atoms with E-state index < -0.39 is 5.82 Å². The predicted molar refractivity (Wildman–Crippen MR) is 93.0 cm³/mol. The number of amides is 2. The van der Waals surface area contributed by atoms with Crippen LogP contribution in [0, 0.1) is 17.7 Å². The van der Waals surface area contributed by atoms with Crippen molar-refractivity contribution in [2.24, 2.45) is 11.8 Å². The monoisotopic (exact) mass is 375 g/mol. The second-order valence-corrected chi connectivity index (χ2v) is 6.48. The first kappa shape index (κ1) is 19.0. The molecule has 132 valence electrons. The molecule has 0 bridgehead atoms. The van der Waals surface area contributed by atoms with Gasteiger partial charge in [0.05, 0.1) is 10.9 Å². The van der Waals surface area contributed by atoms with Crippen LogP contribution in [-0.2, 0) is 9.59 Å². The van der Waals surface area contributed by atoms with Crippen LogP contribution in [0.15, 0.2) is 18.2 Å². The summed E-state index contributed by atoms with van der Waals surface area (Å²) in [5.74, 6) is -0.468. The first-order valence-corrected chi connectivity index (χ1v) is 8.18. The van der Waals surface area contributed by atoms with E-state index in [1.807, 2.05) is 4.90 Å². The maximum absolute atomic E-state index is 13.1. The SMILES string of the molecule is Cl.O=C(Nc1ccc(F)c(Cl)c1)C1CCN(C(=O)C2CNC2)CC1. The second kappa shape index (κ2) is 8.14. The fourth-order valence-electron chi connectivity index (χ4n) is 2.90. The summed E-state index contributed by atoms with van der Waals surface area (Å²) < 4.78 is 13.1. The molecule has 2 heterocycles. The molecular weight excluding hydrogens is 356 g/mol. The van der Waals surface area contributed by atoms with Crippen LogP contribution >= 0.6 is 24.0 Å². The van der Waals surface area contributed by atoms with Gasteiger partial charge in [0.1, 0.15) is 5.82 Å². The molecule has 0 aromatic heterocycles. The van der Waals surface area contributed by atoms with Gasteiger partial charge >= 0.3 is 0 Å². The van der Waals surface area contributed by atoms with Crippen LogP contribution in [0.3, 0.4) is 0 Å². The predicted octanol–water partition coefficient (Wildman–Crippen LogP) is 2.30. The third-order valence-corrected chi connectivity index (χ3v) is 4.78. The highest BCUT2D eigenvalue weighted by molar-refractivity contribution is 6.31. The highest BCUT2D eigenvalue weighted by atomic mass is 35.5. The minimum Gasteiger partial charge on any atom is -0.342 e. The van der Waals surface area contributed by atoms with Gasteiger partial charge in [-0.15, -0.1) is 12.4 Å². The Morgan fingerprint density at radius 1 is 1.21 bits per heavy atom. The van der Waals surface area contributed by atoms with Crippen molar-refractivity contribution in [2.45, 2.75) is 12.8 Å². The maximum atomic E-state index is 13.1. The third-order valence-electron chi connectivity index (χ3n) is 4.50. The van der Waals surface area contributed by atoms with Gasteiger partial charge in [-0.25, -0.2) is 4.39 Å². The number of likely N-dealkylation sites (tertiary alicyclic amines) is 1. The largest absolute Gasteiger partial charge is 0.342 e. The molecule has 2 amide bonds. The van der Waals surface area contributed by atoms with Crippen LogP contribution in [0.2, 0.25) is 5.02 Å². The summed E-state index contributed by atoms with van der Waals surface area (Å²) >= 11 is 5.71. The van der Waals surface area contributed by atoms with E-state index in [0.29, 0.717) is 31.6 Å². The van der Waals surface area contributed by atoms with Crippen molar-refractivity contribution < 1.29 is 14.0 Å². The molecule has 5 nitrogen and oxygen atoms in total. The first-order chi connectivity index (χ1) is 11.0. The van der Waals surface area contributed by atoms with E-state index in [4.69, 9.17) is 11.6 Å². The van der Waals surface area contributed by atoms with Crippen molar-refractivity contribution in [1.29, 1.82) is 0 Å². The minimum absolute atomic E-state index is 0. The van der Waals surface area contributed by atoms with E-state index >= 15 is 0 Å². The van der Waals surface area contributed by atoms with Gasteiger partial charge in [-0.3, -0.25) is 9.59 Å². The van der Waals surface area contributed by atoms with Crippen molar-refractivity contribution in [3.8, 4) is 0 Å². The molecule has 0 aliphatic carbocycles. The van der Waals surface area contributed by atoms with E-state index in [1.54, 1.807) is 0 Å². The number of hydrogen-bond donors (Lipinski definition) is 2. The molecule has 0 spiro atoms. The van der Waals surface area contributed by atoms with E-state index in [1.165, 1.54) is 18.2 Å². The van der Waals surface area contributed by atoms with E-state index in [9.17, 15) is 14.0 Å². The number of rotatable bonds is 3. The normalized spacial score (nSPS) is 18.5. The summed E-state index contributed by atoms with van der Waals surface area (Å²) in [4.78, 5) is 26.3. The Kier molecular flexibility index (Phi) is 6.43. The van der Waals surface area contributed by atoms with Crippen molar-refractivity contribution in [2.75, 3.05) is 31.5 Å². The quantitative estimate of drug-likeness (QED) is 0.851. The minimum atomic E-state index is -0.512. The Morgan fingerprint density at radius 3 is 2.42 bits per heavy atom. The molecule has 0 atom stereocenters. The fraction of sp³-hybridized carbons (Fsp3) is 0.500. The second-order valence-electron chi connectivity index (χ2n) is 6.07. The highest BCUT2D eigenvalue weighted by Crippen LogP contribution is 2.23. The molecule has 0 radical (unpaired) electrons. The number of carbonyl (C=O) groups is 2. The molecule has 0 saturated carbocycles. The number of nitrogens with one attached hydrogen (secondary N) is 2. The van der Waals surface area contributed by atoms with E-state index in [2.05, 4.69) is 10.6 Å². The van der Waals surface area contributed by atoms with Gasteiger partial charge in [-0.1, -0.05) is 11.6 Å². The van der Waals surface area contributed by atoms with Gasteiger partial charge in [0.25, 0.3) is 0 Å². The van der Waals surface area contributed by atoms with Gasteiger partial charge in [0.2, 0.25) is 11.8 Å². The van der Waals surface area contributed by atoms with Crippen LogP contribution in [-0.4, -0.2) is 42.9 Å². The molecule has 2 aliphatic heterocycles. The van der Waals surface area contributed by atoms with Crippen LogP contribution < -0.4 is 10.6 Å². The number of piperidine rings is 1. The van der Waals surface area contributed by atoms with E-state index in [0.717, 1.165) is 13.1 Å². The molecule has 2 aliphatic rings. The topological polar surface area (TPSA) is 61.4 Å². The average Bonchev–Trinajstić information content (AvgIpc) is 2.49. The lowest BCUT2D eigenvalue weighted by molar-refractivity contribution is -0.139. The summed E-state index contributed by atoms with van der Waals surface area (Å²) in [6, 6.07) is 4.12. The summed E-state index contributed by atoms with van der Waals surface area (Å²) in [5.41, 5.74) is 0.487. The zero-order valence-electron chi connectivity index (χ0n) is 13.1. The number of benzene rings is 1. The van der Waals surface area contributed by atoms with Gasteiger partial charge in [0, 0.05) is 37.8 Å².